The predicted molar refractivity (Wildman–Crippen MR) is 138 cm³/mol. The first-order valence-corrected chi connectivity index (χ1v) is 14.7. The van der Waals surface area contributed by atoms with Gasteiger partial charge in [0.1, 0.15) is 0 Å². The molecule has 0 amide bonds. The molecular weight excluding hydrogens is 521 g/mol. The molecule has 0 spiro atoms. The summed E-state index contributed by atoms with van der Waals surface area (Å²) in [6, 6.07) is 0. The van der Waals surface area contributed by atoms with E-state index in [1.807, 2.05) is 0 Å². The van der Waals surface area contributed by atoms with Crippen molar-refractivity contribution < 1.29 is 37.9 Å². The van der Waals surface area contributed by atoms with Crippen LogP contribution < -0.4 is 0 Å². The van der Waals surface area contributed by atoms with Crippen LogP contribution in [0.5, 0.6) is 0 Å². The Morgan fingerprint density at radius 3 is 0.735 bits per heavy atom. The van der Waals surface area contributed by atoms with E-state index in [9.17, 15) is 0 Å². The fraction of sp³-hybridized carbons (Fsp3) is 0.727. The van der Waals surface area contributed by atoms with E-state index in [-0.39, 0.29) is 0 Å². The largest absolute Gasteiger partial charge is 0.377 e. The Bertz CT molecular complexity index is 626. The van der Waals surface area contributed by atoms with E-state index in [1.165, 1.54) is 28.1 Å². The number of hydrogen-bond donors (Lipinski definition) is 0. The Balaban J connectivity index is 1.37. The van der Waals surface area contributed by atoms with E-state index < -0.39 is 0 Å². The summed E-state index contributed by atoms with van der Waals surface area (Å²) in [5, 5.41) is 0. The third-order valence-corrected chi connectivity index (χ3v) is 10.6. The Morgan fingerprint density at radius 1 is 0.294 bits per heavy atom. The molecule has 0 aromatic heterocycles. The highest BCUT2D eigenvalue weighted by Crippen LogP contribution is 2.59. The van der Waals surface area contributed by atoms with Gasteiger partial charge in [0.05, 0.1) is 114 Å². The number of hydrogen-bond acceptors (Lipinski definition) is 12. The fourth-order valence-corrected chi connectivity index (χ4v) is 8.63. The maximum atomic E-state index is 5.88. The molecule has 0 saturated carbocycles. The first-order valence-electron chi connectivity index (χ1n) is 11.4. The van der Waals surface area contributed by atoms with Crippen LogP contribution in [0, 0.1) is 0 Å². The monoisotopic (exact) mass is 552 g/mol. The second-order valence-corrected chi connectivity index (χ2v) is 12.3. The molecule has 4 rings (SSSR count). The molecular formula is C22H32O8S4. The number of thioether (sulfide) groups is 4. The van der Waals surface area contributed by atoms with E-state index in [2.05, 4.69) is 0 Å². The normalized spacial score (nSPS) is 26.1. The van der Waals surface area contributed by atoms with Crippen molar-refractivity contribution in [3.63, 3.8) is 0 Å². The summed E-state index contributed by atoms with van der Waals surface area (Å²) in [7, 11) is 0. The minimum absolute atomic E-state index is 0.566. The van der Waals surface area contributed by atoms with Crippen molar-refractivity contribution in [3.8, 4) is 0 Å². The molecule has 0 atom stereocenters. The second-order valence-electron chi connectivity index (χ2n) is 7.34. The van der Waals surface area contributed by atoms with Crippen molar-refractivity contribution in [2.75, 3.05) is 106 Å². The van der Waals surface area contributed by atoms with Gasteiger partial charge in [0.2, 0.25) is 0 Å². The van der Waals surface area contributed by atoms with Gasteiger partial charge in [-0.15, -0.1) is 0 Å². The molecule has 0 aliphatic carbocycles. The highest BCUT2D eigenvalue weighted by molar-refractivity contribution is 8.34. The molecule has 0 fully saturated rings. The number of rotatable bonds is 0. The molecule has 192 valence electrons. The lowest BCUT2D eigenvalue weighted by atomic mass is 10.5. The Hall–Kier alpha value is 0.300. The smallest absolute Gasteiger partial charge is 0.0789 e. The van der Waals surface area contributed by atoms with Gasteiger partial charge >= 0.3 is 0 Å². The highest BCUT2D eigenvalue weighted by atomic mass is 32.2. The standard InChI is InChI=1S/C22H32O8S4/c1-2-24-6-10-28-14-18-17(13-27-9-5-23-1)31-21(32-18)22-33-19-15-29-11-7-25-3-4-26-8-12-30-16-20(19)34-22/h1-16H2. The minimum Gasteiger partial charge on any atom is -0.377 e. The second kappa shape index (κ2) is 16.2. The SMILES string of the molecule is C1COCCOCC2=C(COCCO1)SC(=C1SC3=C(COCCOCCOCCOC3)S1)S2. The van der Waals surface area contributed by atoms with Crippen LogP contribution in [0.25, 0.3) is 0 Å². The molecule has 0 radical (unpaired) electrons. The molecule has 12 heteroatoms. The zero-order valence-corrected chi connectivity index (χ0v) is 22.5. The van der Waals surface area contributed by atoms with Crippen LogP contribution in [-0.2, 0) is 37.9 Å². The van der Waals surface area contributed by atoms with Gasteiger partial charge in [0.25, 0.3) is 0 Å². The van der Waals surface area contributed by atoms with Gasteiger partial charge in [0, 0.05) is 19.6 Å². The van der Waals surface area contributed by atoms with E-state index in [1.54, 1.807) is 47.0 Å². The lowest BCUT2D eigenvalue weighted by Crippen LogP contribution is -2.13. The van der Waals surface area contributed by atoms with Crippen LogP contribution in [0.2, 0.25) is 0 Å². The van der Waals surface area contributed by atoms with Gasteiger partial charge in [-0.25, -0.2) is 0 Å². The summed E-state index contributed by atoms with van der Waals surface area (Å²) in [6.45, 7) is 9.18. The molecule has 8 nitrogen and oxygen atoms in total. The van der Waals surface area contributed by atoms with Crippen molar-refractivity contribution in [2.24, 2.45) is 0 Å². The van der Waals surface area contributed by atoms with Crippen LogP contribution in [-0.4, -0.2) is 106 Å². The van der Waals surface area contributed by atoms with Crippen LogP contribution in [0.1, 0.15) is 0 Å². The van der Waals surface area contributed by atoms with E-state index in [4.69, 9.17) is 37.9 Å². The summed E-state index contributed by atoms with van der Waals surface area (Å²) >= 11 is 7.13. The Kier molecular flexibility index (Phi) is 13.0. The third-order valence-electron chi connectivity index (χ3n) is 4.82. The molecule has 0 N–H and O–H groups in total. The van der Waals surface area contributed by atoms with Crippen molar-refractivity contribution in [1.29, 1.82) is 0 Å². The lowest BCUT2D eigenvalue weighted by molar-refractivity contribution is 0.00174. The average molecular weight is 553 g/mol. The summed E-state index contributed by atoms with van der Waals surface area (Å²) in [5.41, 5.74) is 0. The molecule has 0 bridgehead atoms. The molecule has 4 aliphatic rings. The van der Waals surface area contributed by atoms with Crippen molar-refractivity contribution in [3.05, 3.63) is 28.1 Å². The van der Waals surface area contributed by atoms with Gasteiger partial charge in [-0.05, 0) is 0 Å². The van der Waals surface area contributed by atoms with E-state index >= 15 is 0 Å². The molecule has 0 aromatic carbocycles. The van der Waals surface area contributed by atoms with Gasteiger partial charge in [-0.2, -0.15) is 0 Å². The Labute approximate surface area is 218 Å². The first kappa shape index (κ1) is 27.3. The summed E-state index contributed by atoms with van der Waals surface area (Å²) in [4.78, 5) is 4.84. The highest BCUT2D eigenvalue weighted by Gasteiger charge is 2.30. The Morgan fingerprint density at radius 2 is 0.500 bits per heavy atom. The van der Waals surface area contributed by atoms with Crippen molar-refractivity contribution in [1.82, 2.24) is 0 Å². The van der Waals surface area contributed by atoms with Crippen LogP contribution >= 0.6 is 47.0 Å². The number of ether oxygens (including phenoxy) is 8. The first-order chi connectivity index (χ1) is 16.9. The third kappa shape index (κ3) is 9.31. The van der Waals surface area contributed by atoms with E-state index in [0.717, 1.165) is 0 Å². The van der Waals surface area contributed by atoms with Gasteiger partial charge in [-0.3, -0.25) is 0 Å². The predicted octanol–water partition coefficient (Wildman–Crippen LogP) is 3.66. The minimum atomic E-state index is 0.566. The molecule has 4 heterocycles. The van der Waals surface area contributed by atoms with Gasteiger partial charge in [0.15, 0.2) is 0 Å². The summed E-state index contributed by atoms with van der Waals surface area (Å²) in [6.07, 6.45) is 0. The summed E-state index contributed by atoms with van der Waals surface area (Å²) in [5.74, 6) is 0. The fourth-order valence-electron chi connectivity index (χ4n) is 3.10. The van der Waals surface area contributed by atoms with Crippen molar-refractivity contribution >= 4 is 47.0 Å². The quantitative estimate of drug-likeness (QED) is 0.440. The topological polar surface area (TPSA) is 73.8 Å². The van der Waals surface area contributed by atoms with Crippen LogP contribution in [0.15, 0.2) is 28.1 Å². The maximum Gasteiger partial charge on any atom is 0.0789 e. The molecule has 4 aliphatic heterocycles. The van der Waals surface area contributed by atoms with Crippen molar-refractivity contribution in [2.45, 2.75) is 0 Å². The van der Waals surface area contributed by atoms with Crippen LogP contribution in [0.3, 0.4) is 0 Å². The molecule has 0 aromatic rings. The molecule has 0 unspecified atom stereocenters. The molecule has 34 heavy (non-hydrogen) atoms. The van der Waals surface area contributed by atoms with Crippen LogP contribution in [0.4, 0.5) is 0 Å². The average Bonchev–Trinajstić information content (AvgIpc) is 3.44. The lowest BCUT2D eigenvalue weighted by Gasteiger charge is -2.10. The maximum absolute atomic E-state index is 5.88. The molecule has 0 saturated heterocycles. The zero-order chi connectivity index (χ0) is 23.3. The zero-order valence-electron chi connectivity index (χ0n) is 19.2. The van der Waals surface area contributed by atoms with E-state index in [0.29, 0.717) is 106 Å². The van der Waals surface area contributed by atoms with Gasteiger partial charge in [-0.1, -0.05) is 47.0 Å². The summed E-state index contributed by atoms with van der Waals surface area (Å²) < 4.78 is 48.2. The van der Waals surface area contributed by atoms with Gasteiger partial charge < -0.3 is 37.9 Å².